The number of rotatable bonds is 24. The molecule has 0 aliphatic heterocycles. The van der Waals surface area contributed by atoms with E-state index in [1.54, 1.807) is 0 Å². The molecule has 0 rings (SSSR count). The zero-order chi connectivity index (χ0) is 23.0. The van der Waals surface area contributed by atoms with Crippen LogP contribution in [0.25, 0.3) is 0 Å². The summed E-state index contributed by atoms with van der Waals surface area (Å²) in [6, 6.07) is 0. The fraction of sp³-hybridized carbons (Fsp3) is 0.966. The Bertz CT molecular complexity index is 362. The molecule has 2 heteroatoms. The molecule has 0 aliphatic rings. The van der Waals surface area contributed by atoms with E-state index in [0.717, 1.165) is 24.7 Å². The zero-order valence-electron chi connectivity index (χ0n) is 22.0. The van der Waals surface area contributed by atoms with Crippen molar-refractivity contribution in [3.8, 4) is 0 Å². The average molecular weight is 439 g/mol. The highest BCUT2D eigenvalue weighted by atomic mass is 16.5. The summed E-state index contributed by atoms with van der Waals surface area (Å²) in [5.74, 6) is 1.73. The van der Waals surface area contributed by atoms with Crippen LogP contribution in [-0.4, -0.2) is 12.6 Å². The molecule has 0 unspecified atom stereocenters. The van der Waals surface area contributed by atoms with Crippen LogP contribution in [0.1, 0.15) is 163 Å². The summed E-state index contributed by atoms with van der Waals surface area (Å²) in [6.07, 6.45) is 27.0. The Morgan fingerprint density at radius 1 is 0.484 bits per heavy atom. The van der Waals surface area contributed by atoms with E-state index in [9.17, 15) is 4.79 Å². The third-order valence-electron chi connectivity index (χ3n) is 6.35. The molecule has 0 radical (unpaired) electrons. The number of carbonyl (C=O) groups is 1. The van der Waals surface area contributed by atoms with Gasteiger partial charge in [0.2, 0.25) is 0 Å². The molecule has 0 aliphatic carbocycles. The minimum atomic E-state index is 0.0188. The minimum Gasteiger partial charge on any atom is -0.466 e. The molecule has 0 amide bonds. The molecule has 0 heterocycles. The Kier molecular flexibility index (Phi) is 23.7. The average Bonchev–Trinajstić information content (AvgIpc) is 2.72. The van der Waals surface area contributed by atoms with Gasteiger partial charge in [-0.2, -0.15) is 0 Å². The Hall–Kier alpha value is -0.530. The molecule has 0 aromatic rings. The predicted molar refractivity (Wildman–Crippen MR) is 138 cm³/mol. The van der Waals surface area contributed by atoms with Crippen molar-refractivity contribution in [2.24, 2.45) is 11.8 Å². The standard InChI is InChI=1S/C29H58O2/c1-27(2)23-19-15-11-8-6-5-7-9-14-18-22-26-31-29(30)25-21-17-13-10-12-16-20-24-28(3)4/h27-28H,5-26H2,1-4H3. The number of hydrogen-bond donors (Lipinski definition) is 0. The summed E-state index contributed by atoms with van der Waals surface area (Å²) in [5.41, 5.74) is 0. The summed E-state index contributed by atoms with van der Waals surface area (Å²) in [6.45, 7) is 9.88. The highest BCUT2D eigenvalue weighted by Gasteiger charge is 2.03. The third-order valence-corrected chi connectivity index (χ3v) is 6.35. The van der Waals surface area contributed by atoms with E-state index in [0.29, 0.717) is 13.0 Å². The van der Waals surface area contributed by atoms with Crippen LogP contribution in [-0.2, 0) is 9.53 Å². The quantitative estimate of drug-likeness (QED) is 0.111. The van der Waals surface area contributed by atoms with Gasteiger partial charge in [0.1, 0.15) is 0 Å². The van der Waals surface area contributed by atoms with Crippen LogP contribution in [0.5, 0.6) is 0 Å². The van der Waals surface area contributed by atoms with Gasteiger partial charge in [0, 0.05) is 6.42 Å². The molecule has 0 saturated carbocycles. The molecule has 0 N–H and O–H groups in total. The second kappa shape index (κ2) is 24.1. The van der Waals surface area contributed by atoms with Gasteiger partial charge in [0.25, 0.3) is 0 Å². The van der Waals surface area contributed by atoms with Crippen molar-refractivity contribution in [2.75, 3.05) is 6.61 Å². The first kappa shape index (κ1) is 30.5. The summed E-state index contributed by atoms with van der Waals surface area (Å²) >= 11 is 0. The Morgan fingerprint density at radius 3 is 1.19 bits per heavy atom. The monoisotopic (exact) mass is 438 g/mol. The maximum absolute atomic E-state index is 11.8. The fourth-order valence-corrected chi connectivity index (χ4v) is 4.21. The predicted octanol–water partition coefficient (Wildman–Crippen LogP) is 10.0. The van der Waals surface area contributed by atoms with E-state index in [-0.39, 0.29) is 5.97 Å². The molecule has 0 spiro atoms. The van der Waals surface area contributed by atoms with Crippen molar-refractivity contribution >= 4 is 5.97 Å². The van der Waals surface area contributed by atoms with Crippen LogP contribution in [0.4, 0.5) is 0 Å². The van der Waals surface area contributed by atoms with E-state index in [1.165, 1.54) is 116 Å². The molecule has 0 bridgehead atoms. The molecule has 0 aromatic carbocycles. The fourth-order valence-electron chi connectivity index (χ4n) is 4.21. The van der Waals surface area contributed by atoms with Gasteiger partial charge in [-0.05, 0) is 24.7 Å². The second-order valence-electron chi connectivity index (χ2n) is 10.7. The lowest BCUT2D eigenvalue weighted by Gasteiger charge is -2.06. The third kappa shape index (κ3) is 27.4. The van der Waals surface area contributed by atoms with E-state index < -0.39 is 0 Å². The zero-order valence-corrected chi connectivity index (χ0v) is 22.0. The number of esters is 1. The van der Waals surface area contributed by atoms with Crippen molar-refractivity contribution in [1.82, 2.24) is 0 Å². The smallest absolute Gasteiger partial charge is 0.305 e. The first-order valence-corrected chi connectivity index (χ1v) is 14.2. The molecule has 186 valence electrons. The van der Waals surface area contributed by atoms with Gasteiger partial charge in [-0.3, -0.25) is 4.79 Å². The highest BCUT2D eigenvalue weighted by Crippen LogP contribution is 2.14. The molecule has 31 heavy (non-hydrogen) atoms. The lowest BCUT2D eigenvalue weighted by Crippen LogP contribution is -2.05. The number of carbonyl (C=O) groups excluding carboxylic acids is 1. The van der Waals surface area contributed by atoms with Crippen molar-refractivity contribution in [3.63, 3.8) is 0 Å². The second-order valence-corrected chi connectivity index (χ2v) is 10.7. The topological polar surface area (TPSA) is 26.3 Å². The molecule has 2 nitrogen and oxygen atoms in total. The van der Waals surface area contributed by atoms with Gasteiger partial charge in [-0.1, -0.05) is 143 Å². The first-order chi connectivity index (χ1) is 15.0. The number of unbranched alkanes of at least 4 members (excludes halogenated alkanes) is 16. The molecule has 0 fully saturated rings. The van der Waals surface area contributed by atoms with Crippen molar-refractivity contribution in [1.29, 1.82) is 0 Å². The number of ether oxygens (including phenoxy) is 1. The summed E-state index contributed by atoms with van der Waals surface area (Å²) in [7, 11) is 0. The van der Waals surface area contributed by atoms with Crippen LogP contribution >= 0.6 is 0 Å². The number of hydrogen-bond acceptors (Lipinski definition) is 2. The van der Waals surface area contributed by atoms with Gasteiger partial charge in [-0.15, -0.1) is 0 Å². The first-order valence-electron chi connectivity index (χ1n) is 14.2. The van der Waals surface area contributed by atoms with Gasteiger partial charge < -0.3 is 4.74 Å². The van der Waals surface area contributed by atoms with Gasteiger partial charge >= 0.3 is 5.97 Å². The summed E-state index contributed by atoms with van der Waals surface area (Å²) in [4.78, 5) is 11.8. The highest BCUT2D eigenvalue weighted by molar-refractivity contribution is 5.69. The maximum Gasteiger partial charge on any atom is 0.305 e. The Morgan fingerprint density at radius 2 is 0.806 bits per heavy atom. The van der Waals surface area contributed by atoms with Crippen LogP contribution in [0.3, 0.4) is 0 Å². The molecular weight excluding hydrogens is 380 g/mol. The van der Waals surface area contributed by atoms with E-state index >= 15 is 0 Å². The molecule has 0 saturated heterocycles. The summed E-state index contributed by atoms with van der Waals surface area (Å²) in [5, 5.41) is 0. The van der Waals surface area contributed by atoms with Crippen LogP contribution in [0.15, 0.2) is 0 Å². The van der Waals surface area contributed by atoms with Gasteiger partial charge in [-0.25, -0.2) is 0 Å². The van der Waals surface area contributed by atoms with E-state index in [1.807, 2.05) is 0 Å². The van der Waals surface area contributed by atoms with E-state index in [4.69, 9.17) is 4.74 Å². The van der Waals surface area contributed by atoms with E-state index in [2.05, 4.69) is 27.7 Å². The Balaban J connectivity index is 3.16. The SMILES string of the molecule is CC(C)CCCCCCCCCCCCCOC(=O)CCCCCCCCCC(C)C. The molecular formula is C29H58O2. The van der Waals surface area contributed by atoms with Crippen LogP contribution in [0, 0.1) is 11.8 Å². The minimum absolute atomic E-state index is 0.0188. The molecule has 0 aromatic heterocycles. The van der Waals surface area contributed by atoms with Crippen molar-refractivity contribution < 1.29 is 9.53 Å². The van der Waals surface area contributed by atoms with Crippen molar-refractivity contribution in [3.05, 3.63) is 0 Å². The summed E-state index contributed by atoms with van der Waals surface area (Å²) < 4.78 is 5.39. The normalized spacial score (nSPS) is 11.5. The van der Waals surface area contributed by atoms with Gasteiger partial charge in [0.15, 0.2) is 0 Å². The maximum atomic E-state index is 11.8. The largest absolute Gasteiger partial charge is 0.466 e. The van der Waals surface area contributed by atoms with Crippen LogP contribution in [0.2, 0.25) is 0 Å². The van der Waals surface area contributed by atoms with Crippen molar-refractivity contribution in [2.45, 2.75) is 163 Å². The Labute approximate surface area is 196 Å². The van der Waals surface area contributed by atoms with Crippen LogP contribution < -0.4 is 0 Å². The lowest BCUT2D eigenvalue weighted by atomic mass is 10.0. The van der Waals surface area contributed by atoms with Gasteiger partial charge in [0.05, 0.1) is 6.61 Å². The molecule has 0 atom stereocenters. The lowest BCUT2D eigenvalue weighted by molar-refractivity contribution is -0.143.